The molecular weight excluding hydrogens is 260 g/mol. The van der Waals surface area contributed by atoms with Gasteiger partial charge in [-0.05, 0) is 25.0 Å². The fourth-order valence-electron chi connectivity index (χ4n) is 2.33. The Kier molecular flexibility index (Phi) is 5.59. The first-order valence-electron chi connectivity index (χ1n) is 7.24. The first-order chi connectivity index (χ1) is 10.2. The number of hydrogen-bond donors (Lipinski definition) is 0. The van der Waals surface area contributed by atoms with Crippen LogP contribution in [0.2, 0.25) is 0 Å². The maximum absolute atomic E-state index is 6.13. The van der Waals surface area contributed by atoms with Crippen LogP contribution in [0.1, 0.15) is 37.2 Å². The molecule has 2 rings (SSSR count). The van der Waals surface area contributed by atoms with Crippen LogP contribution in [0.25, 0.3) is 0 Å². The highest BCUT2D eigenvalue weighted by atomic mass is 16.5. The smallest absolute Gasteiger partial charge is 0.153 e. The lowest BCUT2D eigenvalue weighted by Crippen LogP contribution is -2.19. The van der Waals surface area contributed by atoms with Gasteiger partial charge in [-0.2, -0.15) is 0 Å². The van der Waals surface area contributed by atoms with Gasteiger partial charge in [-0.25, -0.2) is 0 Å². The number of benzene rings is 2. The van der Waals surface area contributed by atoms with E-state index in [1.807, 2.05) is 62.4 Å². The van der Waals surface area contributed by atoms with Crippen molar-refractivity contribution >= 4 is 0 Å². The third-order valence-corrected chi connectivity index (χ3v) is 3.19. The van der Waals surface area contributed by atoms with E-state index < -0.39 is 0 Å². The average Bonchev–Trinajstić information content (AvgIpc) is 2.52. The lowest BCUT2D eigenvalue weighted by molar-refractivity contribution is -0.0734. The van der Waals surface area contributed by atoms with Crippen molar-refractivity contribution in [1.82, 2.24) is 0 Å². The van der Waals surface area contributed by atoms with Gasteiger partial charge in [-0.15, -0.1) is 0 Å². The summed E-state index contributed by atoms with van der Waals surface area (Å²) in [5.74, 6) is 0. The van der Waals surface area contributed by atoms with E-state index in [4.69, 9.17) is 9.47 Å². The maximum atomic E-state index is 6.13. The molecule has 2 atom stereocenters. The molecule has 0 saturated heterocycles. The summed E-state index contributed by atoms with van der Waals surface area (Å²) in [7, 11) is 0. The van der Waals surface area contributed by atoms with Crippen molar-refractivity contribution in [3.63, 3.8) is 0 Å². The van der Waals surface area contributed by atoms with Gasteiger partial charge < -0.3 is 9.47 Å². The normalized spacial score (nSPS) is 13.7. The van der Waals surface area contributed by atoms with Gasteiger partial charge in [0, 0.05) is 0 Å². The molecule has 2 aromatic carbocycles. The molecular formula is C19H22O2. The Morgan fingerprint density at radius 3 is 1.71 bits per heavy atom. The second-order valence-electron chi connectivity index (χ2n) is 5.15. The topological polar surface area (TPSA) is 18.5 Å². The van der Waals surface area contributed by atoms with Gasteiger partial charge in [0.15, 0.2) is 6.10 Å². The minimum atomic E-state index is -0.214. The Morgan fingerprint density at radius 2 is 1.29 bits per heavy atom. The fraction of sp³-hybridized carbons (Fsp3) is 0.263. The molecule has 0 aliphatic rings. The van der Waals surface area contributed by atoms with Crippen LogP contribution in [0.15, 0.2) is 73.5 Å². The molecule has 0 fully saturated rings. The summed E-state index contributed by atoms with van der Waals surface area (Å²) >= 11 is 0. The molecule has 110 valence electrons. The van der Waals surface area contributed by atoms with Crippen molar-refractivity contribution in [2.45, 2.75) is 32.2 Å². The summed E-state index contributed by atoms with van der Waals surface area (Å²) in [6.07, 6.45) is 1.20. The second-order valence-corrected chi connectivity index (χ2v) is 5.15. The van der Waals surface area contributed by atoms with Gasteiger partial charge in [-0.3, -0.25) is 0 Å². The van der Waals surface area contributed by atoms with Crippen LogP contribution in [0.4, 0.5) is 0 Å². The van der Waals surface area contributed by atoms with Gasteiger partial charge in [0.05, 0.1) is 12.4 Å². The van der Waals surface area contributed by atoms with Crippen LogP contribution >= 0.6 is 0 Å². The molecule has 0 amide bonds. The van der Waals surface area contributed by atoms with Crippen LogP contribution in [0.3, 0.4) is 0 Å². The summed E-state index contributed by atoms with van der Waals surface area (Å²) in [6, 6.07) is 20.3. The van der Waals surface area contributed by atoms with Crippen LogP contribution < -0.4 is 0 Å². The molecule has 21 heavy (non-hydrogen) atoms. The highest BCUT2D eigenvalue weighted by Gasteiger charge is 2.27. The molecule has 2 heteroatoms. The highest BCUT2D eigenvalue weighted by molar-refractivity contribution is 5.25. The third kappa shape index (κ3) is 4.20. The van der Waals surface area contributed by atoms with Crippen molar-refractivity contribution in [2.24, 2.45) is 0 Å². The van der Waals surface area contributed by atoms with Crippen molar-refractivity contribution in [3.05, 3.63) is 84.6 Å². The van der Waals surface area contributed by atoms with E-state index in [1.54, 1.807) is 0 Å². The molecule has 2 nitrogen and oxygen atoms in total. The average molecular weight is 282 g/mol. The lowest BCUT2D eigenvalue weighted by Gasteiger charge is -2.29. The predicted octanol–water partition coefficient (Wildman–Crippen LogP) is 5.05. The van der Waals surface area contributed by atoms with Gasteiger partial charge in [0.2, 0.25) is 0 Å². The summed E-state index contributed by atoms with van der Waals surface area (Å²) in [5.41, 5.74) is 2.17. The molecule has 0 bridgehead atoms. The van der Waals surface area contributed by atoms with Crippen molar-refractivity contribution < 1.29 is 9.47 Å². The summed E-state index contributed by atoms with van der Waals surface area (Å²) < 4.78 is 11.9. The van der Waals surface area contributed by atoms with Crippen LogP contribution in [0.5, 0.6) is 0 Å². The highest BCUT2D eigenvalue weighted by Crippen LogP contribution is 2.36. The van der Waals surface area contributed by atoms with E-state index in [2.05, 4.69) is 18.7 Å². The largest absolute Gasteiger partial charge is 0.491 e. The summed E-state index contributed by atoms with van der Waals surface area (Å²) in [4.78, 5) is 0. The summed E-state index contributed by atoms with van der Waals surface area (Å²) in [6.45, 7) is 7.77. The van der Waals surface area contributed by atoms with E-state index in [0.717, 1.165) is 11.1 Å². The van der Waals surface area contributed by atoms with E-state index in [9.17, 15) is 0 Å². The zero-order valence-corrected chi connectivity index (χ0v) is 12.6. The number of rotatable bonds is 7. The minimum absolute atomic E-state index is 0.106. The van der Waals surface area contributed by atoms with Crippen molar-refractivity contribution in [3.8, 4) is 0 Å². The van der Waals surface area contributed by atoms with Gasteiger partial charge in [0.25, 0.3) is 0 Å². The van der Waals surface area contributed by atoms with Crippen molar-refractivity contribution in [2.75, 3.05) is 0 Å². The lowest BCUT2D eigenvalue weighted by atomic mass is 9.97. The van der Waals surface area contributed by atoms with E-state index in [-0.39, 0.29) is 18.3 Å². The van der Waals surface area contributed by atoms with Gasteiger partial charge in [-0.1, -0.05) is 67.2 Å². The Balaban J connectivity index is 2.38. The fourth-order valence-corrected chi connectivity index (χ4v) is 2.33. The maximum Gasteiger partial charge on any atom is 0.153 e. The molecule has 0 aliphatic carbocycles. The first-order valence-corrected chi connectivity index (χ1v) is 7.24. The van der Waals surface area contributed by atoms with E-state index in [1.165, 1.54) is 6.26 Å². The molecule has 0 heterocycles. The standard InChI is InChI=1S/C19H22O2/c1-4-20-18(16-11-7-5-8-12-16)19(21-15(2)3)17-13-9-6-10-14-17/h4-15,18-19H,1H2,2-3H3/t18-,19+/m1/s1. The van der Waals surface area contributed by atoms with Gasteiger partial charge in [0.1, 0.15) is 6.10 Å². The summed E-state index contributed by atoms with van der Waals surface area (Å²) in [5, 5.41) is 0. The Labute approximate surface area is 127 Å². The molecule has 0 N–H and O–H groups in total. The van der Waals surface area contributed by atoms with Crippen LogP contribution in [-0.4, -0.2) is 6.10 Å². The Hall–Kier alpha value is -2.06. The van der Waals surface area contributed by atoms with Crippen LogP contribution in [0, 0.1) is 0 Å². The van der Waals surface area contributed by atoms with E-state index in [0.29, 0.717) is 0 Å². The Bertz CT molecular complexity index is 534. The number of ether oxygens (including phenoxy) is 2. The molecule has 0 unspecified atom stereocenters. The first kappa shape index (κ1) is 15.3. The predicted molar refractivity (Wildman–Crippen MR) is 85.9 cm³/mol. The molecule has 0 radical (unpaired) electrons. The zero-order valence-electron chi connectivity index (χ0n) is 12.6. The molecule has 2 aromatic rings. The molecule has 0 aromatic heterocycles. The molecule has 0 spiro atoms. The SMILES string of the molecule is C=CO[C@H](c1ccccc1)[C@@H](OC(C)C)c1ccccc1. The number of hydrogen-bond acceptors (Lipinski definition) is 2. The van der Waals surface area contributed by atoms with E-state index >= 15 is 0 Å². The second kappa shape index (κ2) is 7.65. The van der Waals surface area contributed by atoms with Gasteiger partial charge >= 0.3 is 0 Å². The Morgan fingerprint density at radius 1 is 0.810 bits per heavy atom. The molecule has 0 aliphatic heterocycles. The minimum Gasteiger partial charge on any atom is -0.491 e. The molecule has 0 saturated carbocycles. The van der Waals surface area contributed by atoms with Crippen LogP contribution in [-0.2, 0) is 9.47 Å². The quantitative estimate of drug-likeness (QED) is 0.661. The monoisotopic (exact) mass is 282 g/mol. The zero-order chi connectivity index (χ0) is 15.1. The third-order valence-electron chi connectivity index (χ3n) is 3.19. The van der Waals surface area contributed by atoms with Crippen molar-refractivity contribution in [1.29, 1.82) is 0 Å².